The number of rotatable bonds is 5. The molecule has 1 heterocycles. The summed E-state index contributed by atoms with van der Waals surface area (Å²) in [5.41, 5.74) is 10.1. The standard InChI is InChI=1S/C18H20N4O.HI/c1-23-12-14-7-3-5-9-17(14)22-18(19)20-11-15-10-13-6-2-4-8-16(13)21-15;/h2-10,21H,11-12H2,1H3,(H3,19,20,22);1H. The van der Waals surface area contributed by atoms with Crippen LogP contribution in [0.25, 0.3) is 10.9 Å². The number of nitrogens with one attached hydrogen (secondary N) is 2. The van der Waals surface area contributed by atoms with E-state index in [1.807, 2.05) is 42.5 Å². The van der Waals surface area contributed by atoms with Gasteiger partial charge in [-0.25, -0.2) is 4.99 Å². The zero-order valence-electron chi connectivity index (χ0n) is 13.5. The van der Waals surface area contributed by atoms with Crippen LogP contribution in [0.2, 0.25) is 0 Å². The number of anilines is 1. The van der Waals surface area contributed by atoms with Crippen molar-refractivity contribution in [2.75, 3.05) is 12.4 Å². The van der Waals surface area contributed by atoms with Crippen molar-refractivity contribution in [1.82, 2.24) is 4.98 Å². The molecule has 126 valence electrons. The first-order valence-corrected chi connectivity index (χ1v) is 7.46. The smallest absolute Gasteiger partial charge is 0.193 e. The number of nitrogens with two attached hydrogens (primary N) is 1. The molecule has 0 bridgehead atoms. The van der Waals surface area contributed by atoms with E-state index in [-0.39, 0.29) is 24.0 Å². The van der Waals surface area contributed by atoms with Gasteiger partial charge in [-0.3, -0.25) is 0 Å². The highest BCUT2D eigenvalue weighted by Crippen LogP contribution is 2.17. The molecular formula is C18H21IN4O. The lowest BCUT2D eigenvalue weighted by atomic mass is 10.2. The largest absolute Gasteiger partial charge is 0.380 e. The highest BCUT2D eigenvalue weighted by molar-refractivity contribution is 14.0. The van der Waals surface area contributed by atoms with Gasteiger partial charge in [-0.05, 0) is 23.6 Å². The third kappa shape index (κ3) is 4.48. The first kappa shape index (κ1) is 18.3. The summed E-state index contributed by atoms with van der Waals surface area (Å²) >= 11 is 0. The van der Waals surface area contributed by atoms with E-state index >= 15 is 0 Å². The number of H-pyrrole nitrogens is 1. The molecular weight excluding hydrogens is 415 g/mol. The molecule has 0 atom stereocenters. The maximum Gasteiger partial charge on any atom is 0.193 e. The molecule has 0 aliphatic rings. The third-order valence-corrected chi connectivity index (χ3v) is 3.59. The number of para-hydroxylation sites is 2. The van der Waals surface area contributed by atoms with Gasteiger partial charge < -0.3 is 20.8 Å². The van der Waals surface area contributed by atoms with E-state index < -0.39 is 0 Å². The number of fused-ring (bicyclic) bond motifs is 1. The molecule has 0 aliphatic heterocycles. The summed E-state index contributed by atoms with van der Waals surface area (Å²) < 4.78 is 5.19. The van der Waals surface area contributed by atoms with E-state index in [2.05, 4.69) is 27.4 Å². The fraction of sp³-hybridized carbons (Fsp3) is 0.167. The van der Waals surface area contributed by atoms with Gasteiger partial charge in [0.2, 0.25) is 0 Å². The Balaban J connectivity index is 0.00000208. The molecule has 0 aliphatic carbocycles. The number of methoxy groups -OCH3 is 1. The van der Waals surface area contributed by atoms with E-state index in [0.717, 1.165) is 22.5 Å². The van der Waals surface area contributed by atoms with Crippen LogP contribution in [0.5, 0.6) is 0 Å². The van der Waals surface area contributed by atoms with Crippen LogP contribution < -0.4 is 11.1 Å². The molecule has 0 saturated carbocycles. The van der Waals surface area contributed by atoms with Gasteiger partial charge in [0.05, 0.1) is 13.2 Å². The minimum absolute atomic E-state index is 0. The number of benzene rings is 2. The van der Waals surface area contributed by atoms with Crippen LogP contribution in [0.3, 0.4) is 0 Å². The first-order valence-electron chi connectivity index (χ1n) is 7.46. The fourth-order valence-electron chi connectivity index (χ4n) is 2.49. The number of aromatic nitrogens is 1. The molecule has 24 heavy (non-hydrogen) atoms. The Hall–Kier alpha value is -2.06. The maximum atomic E-state index is 6.00. The van der Waals surface area contributed by atoms with Crippen LogP contribution in [-0.2, 0) is 17.9 Å². The zero-order valence-corrected chi connectivity index (χ0v) is 15.8. The van der Waals surface area contributed by atoms with E-state index in [1.165, 1.54) is 5.39 Å². The van der Waals surface area contributed by atoms with Gasteiger partial charge in [-0.15, -0.1) is 24.0 Å². The molecule has 6 heteroatoms. The van der Waals surface area contributed by atoms with Gasteiger partial charge in [0.1, 0.15) is 0 Å². The van der Waals surface area contributed by atoms with Crippen molar-refractivity contribution < 1.29 is 4.74 Å². The second kappa shape index (κ2) is 8.70. The van der Waals surface area contributed by atoms with Gasteiger partial charge >= 0.3 is 0 Å². The van der Waals surface area contributed by atoms with E-state index in [1.54, 1.807) is 7.11 Å². The van der Waals surface area contributed by atoms with E-state index in [9.17, 15) is 0 Å². The lowest BCUT2D eigenvalue weighted by molar-refractivity contribution is 0.185. The molecule has 0 spiro atoms. The van der Waals surface area contributed by atoms with Crippen molar-refractivity contribution in [1.29, 1.82) is 0 Å². The van der Waals surface area contributed by atoms with Crippen LogP contribution in [0, 0.1) is 0 Å². The number of hydrogen-bond acceptors (Lipinski definition) is 2. The summed E-state index contributed by atoms with van der Waals surface area (Å²) in [6.07, 6.45) is 0. The zero-order chi connectivity index (χ0) is 16.1. The minimum atomic E-state index is 0. The second-order valence-electron chi connectivity index (χ2n) is 5.30. The van der Waals surface area contributed by atoms with Crippen LogP contribution in [-0.4, -0.2) is 18.1 Å². The molecule has 0 amide bonds. The van der Waals surface area contributed by atoms with Gasteiger partial charge in [0.15, 0.2) is 5.96 Å². The number of halogens is 1. The predicted octanol–water partition coefficient (Wildman–Crippen LogP) is 3.86. The Bertz CT molecular complexity index is 796. The number of aliphatic imine (C=N–C) groups is 1. The van der Waals surface area contributed by atoms with Gasteiger partial charge in [-0.2, -0.15) is 0 Å². The topological polar surface area (TPSA) is 75.4 Å². The van der Waals surface area contributed by atoms with Crippen LogP contribution >= 0.6 is 24.0 Å². The molecule has 3 rings (SSSR count). The molecule has 1 aromatic heterocycles. The summed E-state index contributed by atoms with van der Waals surface area (Å²) in [5, 5.41) is 4.31. The summed E-state index contributed by atoms with van der Waals surface area (Å²) in [6, 6.07) is 18.1. The Labute approximate surface area is 158 Å². The Kier molecular flexibility index (Phi) is 6.62. The number of nitrogens with zero attached hydrogens (tertiary/aromatic N) is 1. The molecule has 0 unspecified atom stereocenters. The van der Waals surface area contributed by atoms with E-state index in [0.29, 0.717) is 19.1 Å². The van der Waals surface area contributed by atoms with Crippen molar-refractivity contribution in [2.45, 2.75) is 13.2 Å². The number of hydrogen-bond donors (Lipinski definition) is 3. The van der Waals surface area contributed by atoms with Crippen molar-refractivity contribution in [2.24, 2.45) is 10.7 Å². The molecule has 0 fully saturated rings. The summed E-state index contributed by atoms with van der Waals surface area (Å²) in [6.45, 7) is 1.03. The first-order chi connectivity index (χ1) is 11.3. The lowest BCUT2D eigenvalue weighted by Crippen LogP contribution is -2.23. The molecule has 4 N–H and O–H groups in total. The molecule has 3 aromatic rings. The van der Waals surface area contributed by atoms with E-state index in [4.69, 9.17) is 10.5 Å². The Morgan fingerprint density at radius 3 is 2.71 bits per heavy atom. The van der Waals surface area contributed by atoms with Crippen molar-refractivity contribution in [3.63, 3.8) is 0 Å². The molecule has 0 saturated heterocycles. The quantitative estimate of drug-likeness (QED) is 0.323. The monoisotopic (exact) mass is 436 g/mol. The third-order valence-electron chi connectivity index (χ3n) is 3.59. The van der Waals surface area contributed by atoms with Gasteiger partial charge in [-0.1, -0.05) is 36.4 Å². The average molecular weight is 436 g/mol. The van der Waals surface area contributed by atoms with Gasteiger partial charge in [0.25, 0.3) is 0 Å². The van der Waals surface area contributed by atoms with Crippen LogP contribution in [0.15, 0.2) is 59.6 Å². The maximum absolute atomic E-state index is 6.00. The summed E-state index contributed by atoms with van der Waals surface area (Å²) in [4.78, 5) is 7.73. The minimum Gasteiger partial charge on any atom is -0.380 e. The van der Waals surface area contributed by atoms with Crippen LogP contribution in [0.4, 0.5) is 5.69 Å². The molecule has 2 aromatic carbocycles. The summed E-state index contributed by atoms with van der Waals surface area (Å²) in [5.74, 6) is 0.382. The van der Waals surface area contributed by atoms with Gasteiger partial charge in [0, 0.05) is 29.6 Å². The number of ether oxygens (including phenoxy) is 1. The molecule has 5 nitrogen and oxygen atoms in total. The van der Waals surface area contributed by atoms with Crippen LogP contribution in [0.1, 0.15) is 11.3 Å². The highest BCUT2D eigenvalue weighted by Gasteiger charge is 2.03. The predicted molar refractivity (Wildman–Crippen MR) is 110 cm³/mol. The second-order valence-corrected chi connectivity index (χ2v) is 5.30. The lowest BCUT2D eigenvalue weighted by Gasteiger charge is -2.10. The fourth-order valence-corrected chi connectivity index (χ4v) is 2.49. The SMILES string of the molecule is COCc1ccccc1NC(N)=NCc1cc2ccccc2[nH]1.I. The highest BCUT2D eigenvalue weighted by atomic mass is 127. The Morgan fingerprint density at radius 2 is 1.92 bits per heavy atom. The number of aromatic amines is 1. The molecule has 0 radical (unpaired) electrons. The van der Waals surface area contributed by atoms with Crippen molar-refractivity contribution in [3.05, 3.63) is 65.9 Å². The number of guanidine groups is 1. The summed E-state index contributed by atoms with van der Waals surface area (Å²) in [7, 11) is 1.67. The van der Waals surface area contributed by atoms with Crippen molar-refractivity contribution in [3.8, 4) is 0 Å². The van der Waals surface area contributed by atoms with Crippen molar-refractivity contribution >= 4 is 46.5 Å². The Morgan fingerprint density at radius 1 is 1.17 bits per heavy atom. The average Bonchev–Trinajstić information content (AvgIpc) is 2.98. The normalized spacial score (nSPS) is 11.3.